The number of carbonyl (C=O) groups is 1. The van der Waals surface area contributed by atoms with Crippen molar-refractivity contribution in [1.82, 2.24) is 10.2 Å². The number of aromatic nitrogens is 2. The summed E-state index contributed by atoms with van der Waals surface area (Å²) in [5.41, 5.74) is 0.158. The molecule has 2 aromatic heterocycles. The van der Waals surface area contributed by atoms with Gasteiger partial charge in [-0.25, -0.2) is 4.79 Å². The average Bonchev–Trinajstić information content (AvgIpc) is 3.27. The van der Waals surface area contributed by atoms with Crippen molar-refractivity contribution in [2.45, 2.75) is 6.92 Å². The molecule has 32 heavy (non-hydrogen) atoms. The Balaban J connectivity index is 1.43. The molecule has 0 unspecified atom stereocenters. The van der Waals surface area contributed by atoms with Crippen LogP contribution in [-0.2, 0) is 0 Å². The predicted molar refractivity (Wildman–Crippen MR) is 119 cm³/mol. The molecule has 0 saturated carbocycles. The summed E-state index contributed by atoms with van der Waals surface area (Å²) in [6.45, 7) is 2.47. The number of anilines is 1. The van der Waals surface area contributed by atoms with Crippen LogP contribution in [0.3, 0.4) is 0 Å². The Hall–Kier alpha value is -4.46. The molecule has 2 heterocycles. The molecular weight excluding hydrogens is 410 g/mol. The number of benzene rings is 3. The summed E-state index contributed by atoms with van der Waals surface area (Å²) >= 11 is 0. The van der Waals surface area contributed by atoms with Gasteiger partial charge < -0.3 is 13.6 Å². The molecule has 0 saturated heterocycles. The number of nitrogens with zero attached hydrogens (tertiary/aromatic N) is 2. The van der Waals surface area contributed by atoms with E-state index in [1.165, 1.54) is 6.07 Å². The lowest BCUT2D eigenvalue weighted by Gasteiger charge is -2.05. The van der Waals surface area contributed by atoms with Gasteiger partial charge in [0.05, 0.1) is 6.61 Å². The van der Waals surface area contributed by atoms with Gasteiger partial charge in [0.25, 0.3) is 5.91 Å². The molecule has 5 rings (SSSR count). The van der Waals surface area contributed by atoms with Crippen molar-refractivity contribution in [3.8, 4) is 17.2 Å². The highest BCUT2D eigenvalue weighted by atomic mass is 16.5. The summed E-state index contributed by atoms with van der Waals surface area (Å²) in [4.78, 5) is 25.2. The van der Waals surface area contributed by atoms with E-state index < -0.39 is 11.5 Å². The highest BCUT2D eigenvalue weighted by Gasteiger charge is 2.18. The van der Waals surface area contributed by atoms with E-state index in [1.54, 1.807) is 30.3 Å². The highest BCUT2D eigenvalue weighted by Crippen LogP contribution is 2.26. The minimum absolute atomic E-state index is 0.128. The second kappa shape index (κ2) is 7.99. The van der Waals surface area contributed by atoms with E-state index in [1.807, 2.05) is 37.3 Å². The monoisotopic (exact) mass is 427 g/mol. The van der Waals surface area contributed by atoms with Gasteiger partial charge in [0.15, 0.2) is 0 Å². The van der Waals surface area contributed by atoms with Crippen molar-refractivity contribution in [3.05, 3.63) is 82.7 Å². The maximum Gasteiger partial charge on any atom is 0.349 e. The van der Waals surface area contributed by atoms with Crippen LogP contribution in [-0.4, -0.2) is 22.7 Å². The third kappa shape index (κ3) is 3.58. The van der Waals surface area contributed by atoms with Crippen molar-refractivity contribution < 1.29 is 18.4 Å². The number of ether oxygens (including phenoxy) is 1. The van der Waals surface area contributed by atoms with E-state index in [2.05, 4.69) is 15.5 Å². The number of fused-ring (bicyclic) bond motifs is 3. The molecule has 0 aliphatic rings. The quantitative estimate of drug-likeness (QED) is 0.321. The number of carbonyl (C=O) groups excluding carboxylic acids is 1. The van der Waals surface area contributed by atoms with E-state index in [9.17, 15) is 9.59 Å². The van der Waals surface area contributed by atoms with Gasteiger partial charge in [-0.2, -0.15) is 0 Å². The third-order valence-corrected chi connectivity index (χ3v) is 4.94. The Bertz CT molecular complexity index is 1500. The minimum atomic E-state index is -0.753. The summed E-state index contributed by atoms with van der Waals surface area (Å²) < 4.78 is 16.3. The first-order chi connectivity index (χ1) is 15.6. The lowest BCUT2D eigenvalue weighted by atomic mass is 10.0. The standard InChI is InChI=1S/C24H17N3O5/c1-2-30-16-10-7-15(8-11-16)22-26-27-24(32-22)25-21(28)19-13-18-17-6-4-3-5-14(17)9-12-20(18)31-23(19)29/h3-13H,2H2,1H3,(H,25,27,28). The second-order valence-corrected chi connectivity index (χ2v) is 6.97. The fourth-order valence-electron chi connectivity index (χ4n) is 3.45. The Morgan fingerprint density at radius 1 is 0.969 bits per heavy atom. The average molecular weight is 427 g/mol. The molecule has 8 nitrogen and oxygen atoms in total. The third-order valence-electron chi connectivity index (χ3n) is 4.94. The smallest absolute Gasteiger partial charge is 0.349 e. The van der Waals surface area contributed by atoms with Crippen LogP contribution >= 0.6 is 0 Å². The number of nitrogens with one attached hydrogen (secondary N) is 1. The van der Waals surface area contributed by atoms with Crippen LogP contribution in [0.5, 0.6) is 5.75 Å². The minimum Gasteiger partial charge on any atom is -0.494 e. The normalized spacial score (nSPS) is 11.0. The first-order valence-electron chi connectivity index (χ1n) is 9.96. The van der Waals surface area contributed by atoms with Gasteiger partial charge in [-0.05, 0) is 54.1 Å². The molecule has 158 valence electrons. The molecule has 1 N–H and O–H groups in total. The Morgan fingerprint density at radius 3 is 2.59 bits per heavy atom. The summed E-state index contributed by atoms with van der Waals surface area (Å²) in [6, 6.07) is 19.7. The van der Waals surface area contributed by atoms with Crippen LogP contribution in [0, 0.1) is 0 Å². The van der Waals surface area contributed by atoms with Crippen molar-refractivity contribution in [2.75, 3.05) is 11.9 Å². The summed E-state index contributed by atoms with van der Waals surface area (Å²) in [6.07, 6.45) is 0. The molecular formula is C24H17N3O5. The first-order valence-corrected chi connectivity index (χ1v) is 9.96. The van der Waals surface area contributed by atoms with Crippen LogP contribution in [0.25, 0.3) is 33.2 Å². The molecule has 1 amide bonds. The van der Waals surface area contributed by atoms with Crippen molar-refractivity contribution in [2.24, 2.45) is 0 Å². The number of rotatable bonds is 5. The zero-order chi connectivity index (χ0) is 22.1. The van der Waals surface area contributed by atoms with E-state index in [4.69, 9.17) is 13.6 Å². The van der Waals surface area contributed by atoms with Crippen LogP contribution in [0.15, 0.2) is 80.4 Å². The molecule has 0 spiro atoms. The van der Waals surface area contributed by atoms with Crippen LogP contribution in [0.2, 0.25) is 0 Å². The van der Waals surface area contributed by atoms with E-state index in [-0.39, 0.29) is 17.5 Å². The van der Waals surface area contributed by atoms with Gasteiger partial charge in [-0.15, -0.1) is 5.10 Å². The van der Waals surface area contributed by atoms with Crippen LogP contribution < -0.4 is 15.7 Å². The summed E-state index contributed by atoms with van der Waals surface area (Å²) in [5.74, 6) is 0.246. The number of amides is 1. The van der Waals surface area contributed by atoms with Crippen LogP contribution in [0.4, 0.5) is 6.01 Å². The predicted octanol–water partition coefficient (Wildman–Crippen LogP) is 4.65. The molecule has 0 aliphatic heterocycles. The molecule has 0 fully saturated rings. The summed E-state index contributed by atoms with van der Waals surface area (Å²) in [5, 5.41) is 12.8. The molecule has 3 aromatic carbocycles. The zero-order valence-electron chi connectivity index (χ0n) is 17.0. The van der Waals surface area contributed by atoms with Gasteiger partial charge >= 0.3 is 11.6 Å². The summed E-state index contributed by atoms with van der Waals surface area (Å²) in [7, 11) is 0. The Morgan fingerprint density at radius 2 is 1.78 bits per heavy atom. The maximum absolute atomic E-state index is 12.8. The van der Waals surface area contributed by atoms with Gasteiger partial charge in [0.1, 0.15) is 16.9 Å². The molecule has 0 radical (unpaired) electrons. The molecule has 8 heteroatoms. The number of hydrogen-bond donors (Lipinski definition) is 1. The molecule has 5 aromatic rings. The van der Waals surface area contributed by atoms with Crippen molar-refractivity contribution >= 4 is 33.7 Å². The van der Waals surface area contributed by atoms with E-state index in [0.29, 0.717) is 23.1 Å². The largest absolute Gasteiger partial charge is 0.494 e. The fraction of sp³-hybridized carbons (Fsp3) is 0.0833. The maximum atomic E-state index is 12.8. The highest BCUT2D eigenvalue weighted by molar-refractivity contribution is 6.10. The zero-order valence-corrected chi connectivity index (χ0v) is 17.0. The Labute approximate surface area is 181 Å². The molecule has 0 bridgehead atoms. The lowest BCUT2D eigenvalue weighted by molar-refractivity contribution is 0.102. The topological polar surface area (TPSA) is 107 Å². The first kappa shape index (κ1) is 19.5. The molecule has 0 atom stereocenters. The molecule has 0 aliphatic carbocycles. The van der Waals surface area contributed by atoms with E-state index >= 15 is 0 Å². The van der Waals surface area contributed by atoms with Gasteiger partial charge in [-0.1, -0.05) is 35.4 Å². The van der Waals surface area contributed by atoms with Gasteiger partial charge in [0.2, 0.25) is 5.89 Å². The lowest BCUT2D eigenvalue weighted by Crippen LogP contribution is -2.20. The number of hydrogen-bond acceptors (Lipinski definition) is 7. The van der Waals surface area contributed by atoms with Crippen molar-refractivity contribution in [1.29, 1.82) is 0 Å². The van der Waals surface area contributed by atoms with Crippen LogP contribution in [0.1, 0.15) is 17.3 Å². The van der Waals surface area contributed by atoms with Gasteiger partial charge in [0, 0.05) is 10.9 Å². The second-order valence-electron chi connectivity index (χ2n) is 6.97. The van der Waals surface area contributed by atoms with Gasteiger partial charge in [-0.3, -0.25) is 10.1 Å². The fourth-order valence-corrected chi connectivity index (χ4v) is 3.45. The van der Waals surface area contributed by atoms with E-state index in [0.717, 1.165) is 16.5 Å². The SMILES string of the molecule is CCOc1ccc(-c2nnc(NC(=O)c3cc4c(ccc5ccccc54)oc3=O)o2)cc1. The van der Waals surface area contributed by atoms with Crippen molar-refractivity contribution in [3.63, 3.8) is 0 Å². The Kier molecular flexibility index (Phi) is 4.87.